The van der Waals surface area contributed by atoms with Crippen LogP contribution in [-0.4, -0.2) is 23.5 Å². The average molecular weight is 382 g/mol. The number of pyridine rings is 1. The van der Waals surface area contributed by atoms with E-state index in [0.717, 1.165) is 37.9 Å². The first-order valence-electron chi connectivity index (χ1n) is 9.81. The first-order valence-corrected chi connectivity index (χ1v) is 9.81. The van der Waals surface area contributed by atoms with Crippen LogP contribution in [0.3, 0.4) is 0 Å². The van der Waals surface area contributed by atoms with Crippen molar-refractivity contribution in [2.75, 3.05) is 11.9 Å². The number of anilines is 1. The molecule has 2 aromatic rings. The molecule has 1 amide bonds. The van der Waals surface area contributed by atoms with Crippen LogP contribution in [0.2, 0.25) is 0 Å². The van der Waals surface area contributed by atoms with Gasteiger partial charge in [-0.1, -0.05) is 25.3 Å². The van der Waals surface area contributed by atoms with Crippen LogP contribution in [-0.2, 0) is 14.3 Å². The second kappa shape index (κ2) is 9.88. The summed E-state index contributed by atoms with van der Waals surface area (Å²) in [6.07, 6.45) is 6.97. The van der Waals surface area contributed by atoms with Crippen LogP contribution in [0.15, 0.2) is 48.8 Å². The molecule has 1 fully saturated rings. The van der Waals surface area contributed by atoms with Gasteiger partial charge in [-0.25, -0.2) is 0 Å². The number of carbonyl (C=O) groups excluding carboxylic acids is 2. The van der Waals surface area contributed by atoms with Gasteiger partial charge in [0.2, 0.25) is 6.10 Å². The van der Waals surface area contributed by atoms with Crippen molar-refractivity contribution in [2.24, 2.45) is 5.92 Å². The molecular weight excluding hydrogens is 356 g/mol. The predicted octanol–water partition coefficient (Wildman–Crippen LogP) is 4.28. The standard InChI is InChI=1S/C22H26N2O4/c1-2-27-19-12-10-18(11-13-19)24-21(25)20(17-9-6-14-23-15-17)28-22(26)16-7-4-3-5-8-16/h6,9-16,20H,2-5,7-8H2,1H3,(H,24,25). The molecule has 1 aliphatic carbocycles. The molecule has 0 radical (unpaired) electrons. The van der Waals surface area contributed by atoms with Gasteiger partial charge >= 0.3 is 5.97 Å². The highest BCUT2D eigenvalue weighted by Gasteiger charge is 2.30. The second-order valence-corrected chi connectivity index (χ2v) is 6.88. The summed E-state index contributed by atoms with van der Waals surface area (Å²) < 4.78 is 11.1. The van der Waals surface area contributed by atoms with E-state index in [2.05, 4.69) is 10.3 Å². The average Bonchev–Trinajstić information content (AvgIpc) is 2.74. The van der Waals surface area contributed by atoms with E-state index in [1.807, 2.05) is 6.92 Å². The second-order valence-electron chi connectivity index (χ2n) is 6.88. The molecule has 3 rings (SSSR count). The fourth-order valence-electron chi connectivity index (χ4n) is 3.36. The number of carbonyl (C=O) groups is 2. The SMILES string of the molecule is CCOc1ccc(NC(=O)C(OC(=O)C2CCCCC2)c2cccnc2)cc1. The molecule has 0 aliphatic heterocycles. The number of esters is 1. The van der Waals surface area contributed by atoms with E-state index in [1.54, 1.807) is 48.8 Å². The summed E-state index contributed by atoms with van der Waals surface area (Å²) >= 11 is 0. The van der Waals surface area contributed by atoms with E-state index in [0.29, 0.717) is 17.9 Å². The monoisotopic (exact) mass is 382 g/mol. The highest BCUT2D eigenvalue weighted by atomic mass is 16.5. The number of ether oxygens (including phenoxy) is 2. The maximum absolute atomic E-state index is 12.9. The molecule has 1 aliphatic rings. The number of rotatable bonds is 7. The number of benzene rings is 1. The molecule has 1 aromatic heterocycles. The topological polar surface area (TPSA) is 77.5 Å². The lowest BCUT2D eigenvalue weighted by atomic mass is 9.89. The normalized spacial score (nSPS) is 15.5. The van der Waals surface area contributed by atoms with Crippen LogP contribution in [0.4, 0.5) is 5.69 Å². The van der Waals surface area contributed by atoms with Crippen molar-refractivity contribution in [3.8, 4) is 5.75 Å². The predicted molar refractivity (Wildman–Crippen MR) is 106 cm³/mol. The van der Waals surface area contributed by atoms with Crippen LogP contribution in [0.5, 0.6) is 5.75 Å². The van der Waals surface area contributed by atoms with Gasteiger partial charge in [0.05, 0.1) is 12.5 Å². The molecule has 1 N–H and O–H groups in total. The van der Waals surface area contributed by atoms with E-state index >= 15 is 0 Å². The van der Waals surface area contributed by atoms with E-state index < -0.39 is 12.0 Å². The maximum atomic E-state index is 12.9. The van der Waals surface area contributed by atoms with E-state index in [1.165, 1.54) is 0 Å². The molecule has 1 aromatic carbocycles. The van der Waals surface area contributed by atoms with Crippen molar-refractivity contribution in [3.63, 3.8) is 0 Å². The molecule has 1 unspecified atom stereocenters. The number of amides is 1. The maximum Gasteiger partial charge on any atom is 0.310 e. The number of hydrogen-bond donors (Lipinski definition) is 1. The Balaban J connectivity index is 1.72. The summed E-state index contributed by atoms with van der Waals surface area (Å²) in [6.45, 7) is 2.49. The third kappa shape index (κ3) is 5.31. The van der Waals surface area contributed by atoms with Gasteiger partial charge in [-0.2, -0.15) is 0 Å². The van der Waals surface area contributed by atoms with Gasteiger partial charge in [0.15, 0.2) is 0 Å². The minimum atomic E-state index is -1.03. The molecule has 0 spiro atoms. The van der Waals surface area contributed by atoms with Crippen molar-refractivity contribution in [1.82, 2.24) is 4.98 Å². The zero-order valence-electron chi connectivity index (χ0n) is 16.1. The van der Waals surface area contributed by atoms with E-state index in [4.69, 9.17) is 9.47 Å². The highest BCUT2D eigenvalue weighted by Crippen LogP contribution is 2.28. The number of nitrogens with one attached hydrogen (secondary N) is 1. The van der Waals surface area contributed by atoms with Crippen LogP contribution in [0.1, 0.15) is 50.7 Å². The summed E-state index contributed by atoms with van der Waals surface area (Å²) in [5, 5.41) is 2.82. The Morgan fingerprint density at radius 2 is 1.89 bits per heavy atom. The van der Waals surface area contributed by atoms with Crippen LogP contribution >= 0.6 is 0 Å². The smallest absolute Gasteiger partial charge is 0.310 e. The van der Waals surface area contributed by atoms with Gasteiger partial charge in [0.25, 0.3) is 5.91 Å². The third-order valence-electron chi connectivity index (χ3n) is 4.83. The Labute approximate surface area is 165 Å². The molecule has 148 valence electrons. The Kier molecular flexibility index (Phi) is 7.00. The first-order chi connectivity index (χ1) is 13.7. The highest BCUT2D eigenvalue weighted by molar-refractivity contribution is 5.96. The van der Waals surface area contributed by atoms with Gasteiger partial charge in [-0.15, -0.1) is 0 Å². The fourth-order valence-corrected chi connectivity index (χ4v) is 3.36. The van der Waals surface area contributed by atoms with Crippen LogP contribution in [0, 0.1) is 5.92 Å². The summed E-state index contributed by atoms with van der Waals surface area (Å²) in [7, 11) is 0. The third-order valence-corrected chi connectivity index (χ3v) is 4.83. The lowest BCUT2D eigenvalue weighted by molar-refractivity contribution is -0.159. The molecule has 6 heteroatoms. The van der Waals surface area contributed by atoms with Gasteiger partial charge in [-0.05, 0) is 50.1 Å². The van der Waals surface area contributed by atoms with Crippen molar-refractivity contribution in [2.45, 2.75) is 45.1 Å². The lowest BCUT2D eigenvalue weighted by Crippen LogP contribution is -2.29. The number of aromatic nitrogens is 1. The van der Waals surface area contributed by atoms with Crippen molar-refractivity contribution >= 4 is 17.6 Å². The molecule has 1 atom stereocenters. The van der Waals surface area contributed by atoms with Crippen molar-refractivity contribution in [1.29, 1.82) is 0 Å². The quantitative estimate of drug-likeness (QED) is 0.723. The molecule has 1 saturated carbocycles. The van der Waals surface area contributed by atoms with E-state index in [-0.39, 0.29) is 11.9 Å². The fraction of sp³-hybridized carbons (Fsp3) is 0.409. The molecule has 1 heterocycles. The first kappa shape index (κ1) is 19.9. The van der Waals surface area contributed by atoms with Gasteiger partial charge in [0, 0.05) is 23.6 Å². The lowest BCUT2D eigenvalue weighted by Gasteiger charge is -2.24. The zero-order valence-corrected chi connectivity index (χ0v) is 16.1. The Hall–Kier alpha value is -2.89. The zero-order chi connectivity index (χ0) is 19.8. The Morgan fingerprint density at radius 3 is 2.54 bits per heavy atom. The molecule has 28 heavy (non-hydrogen) atoms. The largest absolute Gasteiger partial charge is 0.494 e. The molecule has 0 saturated heterocycles. The van der Waals surface area contributed by atoms with Crippen LogP contribution < -0.4 is 10.1 Å². The Bertz CT molecular complexity index is 771. The summed E-state index contributed by atoms with van der Waals surface area (Å²) in [6, 6.07) is 10.5. The summed E-state index contributed by atoms with van der Waals surface area (Å²) in [4.78, 5) is 29.6. The van der Waals surface area contributed by atoms with E-state index in [9.17, 15) is 9.59 Å². The minimum absolute atomic E-state index is 0.133. The van der Waals surface area contributed by atoms with Crippen LogP contribution in [0.25, 0.3) is 0 Å². The van der Waals surface area contributed by atoms with Gasteiger partial charge in [-0.3, -0.25) is 14.6 Å². The van der Waals surface area contributed by atoms with Gasteiger partial charge < -0.3 is 14.8 Å². The van der Waals surface area contributed by atoms with Crippen molar-refractivity contribution in [3.05, 3.63) is 54.4 Å². The molecule has 0 bridgehead atoms. The molecular formula is C22H26N2O4. The van der Waals surface area contributed by atoms with Crippen molar-refractivity contribution < 1.29 is 19.1 Å². The summed E-state index contributed by atoms with van der Waals surface area (Å²) in [5.41, 5.74) is 1.16. The number of hydrogen-bond acceptors (Lipinski definition) is 5. The number of nitrogens with zero attached hydrogens (tertiary/aromatic N) is 1. The summed E-state index contributed by atoms with van der Waals surface area (Å²) in [5.74, 6) is -0.115. The Morgan fingerprint density at radius 1 is 1.14 bits per heavy atom. The molecule has 6 nitrogen and oxygen atoms in total. The minimum Gasteiger partial charge on any atom is -0.494 e. The van der Waals surface area contributed by atoms with Gasteiger partial charge in [0.1, 0.15) is 5.75 Å².